The summed E-state index contributed by atoms with van der Waals surface area (Å²) >= 11 is 7.63. The van der Waals surface area contributed by atoms with E-state index in [1.54, 1.807) is 11.8 Å². The number of hydrogen-bond donors (Lipinski definition) is 1. The SMILES string of the molecule is CCc1cccc(CC)c1NC(=O)CCCSc1ccc(Cl)cc1. The third kappa shape index (κ3) is 5.57. The maximum absolute atomic E-state index is 12.3. The molecule has 0 saturated heterocycles. The highest BCUT2D eigenvalue weighted by Crippen LogP contribution is 2.24. The fraction of sp³-hybridized carbons (Fsp3) is 0.350. The molecule has 1 amide bonds. The number of carbonyl (C=O) groups excluding carboxylic acids is 1. The standard InChI is InChI=1S/C20H24ClNOS/c1-3-15-7-5-8-16(4-2)20(15)22-19(23)9-6-14-24-18-12-10-17(21)11-13-18/h5,7-8,10-13H,3-4,6,9,14H2,1-2H3,(H,22,23). The molecule has 0 heterocycles. The van der Waals surface area contributed by atoms with E-state index >= 15 is 0 Å². The quantitative estimate of drug-likeness (QED) is 0.463. The molecular formula is C20H24ClNOS. The van der Waals surface area contributed by atoms with E-state index in [1.165, 1.54) is 16.0 Å². The van der Waals surface area contributed by atoms with Crippen LogP contribution in [0.2, 0.25) is 5.02 Å². The summed E-state index contributed by atoms with van der Waals surface area (Å²) in [4.78, 5) is 13.5. The molecule has 2 aromatic rings. The second-order valence-corrected chi connectivity index (χ2v) is 7.22. The van der Waals surface area contributed by atoms with E-state index in [4.69, 9.17) is 11.6 Å². The van der Waals surface area contributed by atoms with Gasteiger partial charge < -0.3 is 5.32 Å². The topological polar surface area (TPSA) is 29.1 Å². The zero-order valence-corrected chi connectivity index (χ0v) is 15.8. The largest absolute Gasteiger partial charge is 0.326 e. The molecule has 0 atom stereocenters. The van der Waals surface area contributed by atoms with Crippen molar-refractivity contribution in [2.45, 2.75) is 44.4 Å². The highest BCUT2D eigenvalue weighted by Gasteiger charge is 2.09. The van der Waals surface area contributed by atoms with E-state index in [9.17, 15) is 4.79 Å². The minimum atomic E-state index is 0.0994. The number of para-hydroxylation sites is 1. The molecule has 0 aliphatic heterocycles. The van der Waals surface area contributed by atoms with Crippen LogP contribution in [-0.2, 0) is 17.6 Å². The van der Waals surface area contributed by atoms with Crippen molar-refractivity contribution in [2.24, 2.45) is 0 Å². The lowest BCUT2D eigenvalue weighted by Gasteiger charge is -2.14. The molecule has 0 saturated carbocycles. The van der Waals surface area contributed by atoms with Crippen LogP contribution in [0.4, 0.5) is 5.69 Å². The molecule has 0 bridgehead atoms. The number of amides is 1. The summed E-state index contributed by atoms with van der Waals surface area (Å²) in [5.74, 6) is 1.02. The Kier molecular flexibility index (Phi) is 7.67. The number of carbonyl (C=O) groups is 1. The first kappa shape index (κ1) is 18.9. The third-order valence-corrected chi connectivity index (χ3v) is 5.24. The predicted octanol–water partition coefficient (Wildman–Crippen LogP) is 5.98. The van der Waals surface area contributed by atoms with Gasteiger partial charge in [0.1, 0.15) is 0 Å². The number of benzene rings is 2. The van der Waals surface area contributed by atoms with Crippen molar-refractivity contribution in [3.63, 3.8) is 0 Å². The van der Waals surface area contributed by atoms with E-state index in [1.807, 2.05) is 24.3 Å². The average molecular weight is 362 g/mol. The van der Waals surface area contributed by atoms with E-state index < -0.39 is 0 Å². The second kappa shape index (κ2) is 9.75. The van der Waals surface area contributed by atoms with Crippen molar-refractivity contribution in [1.29, 1.82) is 0 Å². The van der Waals surface area contributed by atoms with Crippen LogP contribution in [0.15, 0.2) is 47.4 Å². The smallest absolute Gasteiger partial charge is 0.224 e. The molecule has 0 radical (unpaired) electrons. The Labute approximate surface area is 154 Å². The van der Waals surface area contributed by atoms with Gasteiger partial charge in [0, 0.05) is 22.0 Å². The highest BCUT2D eigenvalue weighted by molar-refractivity contribution is 7.99. The number of thioether (sulfide) groups is 1. The molecule has 4 heteroatoms. The van der Waals surface area contributed by atoms with Gasteiger partial charge in [0.05, 0.1) is 0 Å². The first-order chi connectivity index (χ1) is 11.6. The molecule has 0 fully saturated rings. The van der Waals surface area contributed by atoms with Gasteiger partial charge in [-0.2, -0.15) is 0 Å². The highest BCUT2D eigenvalue weighted by atomic mass is 35.5. The number of halogens is 1. The van der Waals surface area contributed by atoms with Crippen LogP contribution in [0.25, 0.3) is 0 Å². The Balaban J connectivity index is 1.82. The number of hydrogen-bond acceptors (Lipinski definition) is 2. The molecule has 128 valence electrons. The first-order valence-corrected chi connectivity index (χ1v) is 9.79. The van der Waals surface area contributed by atoms with Gasteiger partial charge in [-0.15, -0.1) is 11.8 Å². The van der Waals surface area contributed by atoms with Crippen molar-refractivity contribution in [3.05, 3.63) is 58.6 Å². The van der Waals surface area contributed by atoms with Crippen molar-refractivity contribution in [3.8, 4) is 0 Å². The van der Waals surface area contributed by atoms with E-state index in [0.29, 0.717) is 6.42 Å². The van der Waals surface area contributed by atoms with E-state index in [0.717, 1.165) is 35.7 Å². The van der Waals surface area contributed by atoms with Crippen LogP contribution in [0.5, 0.6) is 0 Å². The zero-order valence-electron chi connectivity index (χ0n) is 14.3. The van der Waals surface area contributed by atoms with Gasteiger partial charge >= 0.3 is 0 Å². The van der Waals surface area contributed by atoms with Gasteiger partial charge in [0.2, 0.25) is 5.91 Å². The number of rotatable bonds is 8. The average Bonchev–Trinajstić information content (AvgIpc) is 2.60. The van der Waals surface area contributed by atoms with E-state index in [2.05, 4.69) is 37.4 Å². The summed E-state index contributed by atoms with van der Waals surface area (Å²) < 4.78 is 0. The monoisotopic (exact) mass is 361 g/mol. The van der Waals surface area contributed by atoms with Gasteiger partial charge in [-0.05, 0) is 60.4 Å². The van der Waals surface area contributed by atoms with Crippen molar-refractivity contribution in [2.75, 3.05) is 11.1 Å². The maximum atomic E-state index is 12.3. The van der Waals surface area contributed by atoms with Crippen LogP contribution in [-0.4, -0.2) is 11.7 Å². The fourth-order valence-electron chi connectivity index (χ4n) is 2.56. The van der Waals surface area contributed by atoms with Crippen molar-refractivity contribution in [1.82, 2.24) is 0 Å². The molecule has 2 nitrogen and oxygen atoms in total. The molecule has 0 aliphatic rings. The van der Waals surface area contributed by atoms with Crippen molar-refractivity contribution >= 4 is 35.0 Å². The Morgan fingerprint density at radius 1 is 1.04 bits per heavy atom. The molecular weight excluding hydrogens is 338 g/mol. The summed E-state index contributed by atoms with van der Waals surface area (Å²) in [5, 5.41) is 3.87. The van der Waals surface area contributed by atoms with Crippen LogP contribution >= 0.6 is 23.4 Å². The first-order valence-electron chi connectivity index (χ1n) is 8.43. The van der Waals surface area contributed by atoms with Crippen LogP contribution in [0.3, 0.4) is 0 Å². The molecule has 0 aliphatic carbocycles. The summed E-state index contributed by atoms with van der Waals surface area (Å²) in [6.45, 7) is 4.24. The molecule has 0 aromatic heterocycles. The lowest BCUT2D eigenvalue weighted by Crippen LogP contribution is -2.14. The predicted molar refractivity (Wildman–Crippen MR) is 105 cm³/mol. The number of anilines is 1. The minimum absolute atomic E-state index is 0.0994. The third-order valence-electron chi connectivity index (χ3n) is 3.89. The van der Waals surface area contributed by atoms with Crippen LogP contribution in [0.1, 0.15) is 37.8 Å². The van der Waals surface area contributed by atoms with Gasteiger partial charge in [-0.3, -0.25) is 4.79 Å². The lowest BCUT2D eigenvalue weighted by molar-refractivity contribution is -0.116. The Hall–Kier alpha value is -1.45. The number of nitrogens with one attached hydrogen (secondary N) is 1. The molecule has 0 spiro atoms. The normalized spacial score (nSPS) is 10.6. The zero-order chi connectivity index (χ0) is 17.4. The Morgan fingerprint density at radius 2 is 1.67 bits per heavy atom. The van der Waals surface area contributed by atoms with Crippen LogP contribution < -0.4 is 5.32 Å². The van der Waals surface area contributed by atoms with Gasteiger partial charge in [-0.25, -0.2) is 0 Å². The maximum Gasteiger partial charge on any atom is 0.224 e. The minimum Gasteiger partial charge on any atom is -0.326 e. The molecule has 2 rings (SSSR count). The molecule has 0 unspecified atom stereocenters. The van der Waals surface area contributed by atoms with Gasteiger partial charge in [0.15, 0.2) is 0 Å². The Morgan fingerprint density at radius 3 is 2.25 bits per heavy atom. The lowest BCUT2D eigenvalue weighted by atomic mass is 10.0. The summed E-state index contributed by atoms with van der Waals surface area (Å²) in [6, 6.07) is 14.1. The van der Waals surface area contributed by atoms with Crippen molar-refractivity contribution < 1.29 is 4.79 Å². The molecule has 1 N–H and O–H groups in total. The summed E-state index contributed by atoms with van der Waals surface area (Å²) in [7, 11) is 0. The van der Waals surface area contributed by atoms with Gasteiger partial charge in [-0.1, -0.05) is 43.6 Å². The number of aryl methyl sites for hydroxylation is 2. The summed E-state index contributed by atoms with van der Waals surface area (Å²) in [6.07, 6.45) is 3.25. The van der Waals surface area contributed by atoms with Crippen LogP contribution in [0, 0.1) is 0 Å². The van der Waals surface area contributed by atoms with E-state index in [-0.39, 0.29) is 5.91 Å². The Bertz CT molecular complexity index is 648. The molecule has 24 heavy (non-hydrogen) atoms. The fourth-order valence-corrected chi connectivity index (χ4v) is 3.54. The summed E-state index contributed by atoms with van der Waals surface area (Å²) in [5.41, 5.74) is 3.43. The second-order valence-electron chi connectivity index (χ2n) is 5.61. The van der Waals surface area contributed by atoms with Gasteiger partial charge in [0.25, 0.3) is 0 Å². The molecule has 2 aromatic carbocycles.